The number of hydrogen-bond donors (Lipinski definition) is 1. The van der Waals surface area contributed by atoms with E-state index in [1.807, 2.05) is 25.1 Å². The van der Waals surface area contributed by atoms with E-state index < -0.39 is 0 Å². The van der Waals surface area contributed by atoms with E-state index in [1.54, 1.807) is 43.7 Å². The van der Waals surface area contributed by atoms with Gasteiger partial charge >= 0.3 is 0 Å². The quantitative estimate of drug-likeness (QED) is 0.313. The molecule has 0 aliphatic carbocycles. The molecule has 0 saturated carbocycles. The first-order valence-electron chi connectivity index (χ1n) is 11.0. The van der Waals surface area contributed by atoms with Crippen molar-refractivity contribution < 1.29 is 23.4 Å². The second kappa shape index (κ2) is 12.4. The van der Waals surface area contributed by atoms with Gasteiger partial charge in [-0.3, -0.25) is 4.79 Å². The van der Waals surface area contributed by atoms with E-state index in [2.05, 4.69) is 10.5 Å². The molecule has 178 valence electrons. The van der Waals surface area contributed by atoms with Crippen LogP contribution < -0.4 is 19.6 Å². The smallest absolute Gasteiger partial charge is 0.240 e. The lowest BCUT2D eigenvalue weighted by Crippen LogP contribution is -2.17. The Morgan fingerprint density at radius 2 is 1.88 bits per heavy atom. The number of nitrogens with one attached hydrogen (secondary N) is 1. The topological polar surface area (TPSA) is 69.2 Å². The van der Waals surface area contributed by atoms with Crippen molar-refractivity contribution in [2.45, 2.75) is 32.8 Å². The molecule has 34 heavy (non-hydrogen) atoms. The maximum Gasteiger partial charge on any atom is 0.240 e. The highest BCUT2D eigenvalue weighted by Crippen LogP contribution is 2.28. The highest BCUT2D eigenvalue weighted by molar-refractivity contribution is 5.83. The molecule has 0 heterocycles. The van der Waals surface area contributed by atoms with Crippen LogP contribution in [0.3, 0.4) is 0 Å². The van der Waals surface area contributed by atoms with E-state index in [9.17, 15) is 9.18 Å². The number of ether oxygens (including phenoxy) is 3. The molecule has 6 nitrogen and oxygen atoms in total. The van der Waals surface area contributed by atoms with Crippen molar-refractivity contribution in [2.75, 3.05) is 14.2 Å². The van der Waals surface area contributed by atoms with Gasteiger partial charge in [0.25, 0.3) is 0 Å². The SMILES string of the molecule is COc1ccc(CCCC(=O)N/N=C\c2ccc(OCc3cccc(F)c3)c(OC)c2)c(C)c1. The fraction of sp³-hybridized carbons (Fsp3) is 0.259. The van der Waals surface area contributed by atoms with Crippen LogP contribution in [0.25, 0.3) is 0 Å². The first-order valence-corrected chi connectivity index (χ1v) is 11.0. The van der Waals surface area contributed by atoms with Gasteiger partial charge in [0, 0.05) is 6.42 Å². The van der Waals surface area contributed by atoms with Crippen molar-refractivity contribution in [3.05, 3.63) is 88.7 Å². The van der Waals surface area contributed by atoms with Crippen LogP contribution in [0, 0.1) is 12.7 Å². The Hall–Kier alpha value is -3.87. The molecule has 0 aromatic heterocycles. The van der Waals surface area contributed by atoms with Crippen LogP contribution >= 0.6 is 0 Å². The predicted molar refractivity (Wildman–Crippen MR) is 130 cm³/mol. The highest BCUT2D eigenvalue weighted by Gasteiger charge is 2.07. The minimum atomic E-state index is -0.308. The van der Waals surface area contributed by atoms with Gasteiger partial charge in [0.05, 0.1) is 20.4 Å². The minimum absolute atomic E-state index is 0.149. The molecule has 0 aliphatic heterocycles. The zero-order valence-corrected chi connectivity index (χ0v) is 19.6. The normalized spacial score (nSPS) is 10.8. The molecule has 0 bridgehead atoms. The van der Waals surface area contributed by atoms with Crippen molar-refractivity contribution in [3.8, 4) is 17.2 Å². The summed E-state index contributed by atoms with van der Waals surface area (Å²) in [7, 11) is 3.18. The molecule has 0 spiro atoms. The van der Waals surface area contributed by atoms with Gasteiger partial charge < -0.3 is 14.2 Å². The number of aryl methyl sites for hydroxylation is 2. The van der Waals surface area contributed by atoms with Gasteiger partial charge in [0.2, 0.25) is 5.91 Å². The summed E-state index contributed by atoms with van der Waals surface area (Å²) >= 11 is 0. The van der Waals surface area contributed by atoms with Crippen LogP contribution in [-0.4, -0.2) is 26.3 Å². The molecule has 3 aromatic rings. The van der Waals surface area contributed by atoms with Crippen LogP contribution in [0.1, 0.15) is 35.1 Å². The highest BCUT2D eigenvalue weighted by atomic mass is 19.1. The maximum atomic E-state index is 13.3. The molecule has 7 heteroatoms. The summed E-state index contributed by atoms with van der Waals surface area (Å²) < 4.78 is 29.7. The lowest BCUT2D eigenvalue weighted by atomic mass is 10.0. The summed E-state index contributed by atoms with van der Waals surface area (Å²) in [5, 5.41) is 4.04. The second-order valence-electron chi connectivity index (χ2n) is 7.77. The van der Waals surface area contributed by atoms with Gasteiger partial charge in [-0.05, 0) is 84.5 Å². The van der Waals surface area contributed by atoms with Crippen LogP contribution in [0.5, 0.6) is 17.2 Å². The van der Waals surface area contributed by atoms with Crippen LogP contribution in [0.15, 0.2) is 65.8 Å². The molecule has 0 saturated heterocycles. The van der Waals surface area contributed by atoms with Crippen molar-refractivity contribution in [2.24, 2.45) is 5.10 Å². The van der Waals surface area contributed by atoms with Gasteiger partial charge in [0.15, 0.2) is 11.5 Å². The number of amides is 1. The molecular weight excluding hydrogens is 435 g/mol. The third-order valence-electron chi connectivity index (χ3n) is 5.27. The Labute approximate surface area is 199 Å². The minimum Gasteiger partial charge on any atom is -0.497 e. The molecule has 0 fully saturated rings. The number of benzene rings is 3. The molecule has 0 aliphatic rings. The van der Waals surface area contributed by atoms with E-state index in [0.717, 1.165) is 35.3 Å². The van der Waals surface area contributed by atoms with Gasteiger partial charge in [0.1, 0.15) is 18.2 Å². The number of carbonyl (C=O) groups excluding carboxylic acids is 1. The fourth-order valence-corrected chi connectivity index (χ4v) is 3.42. The van der Waals surface area contributed by atoms with Gasteiger partial charge in [-0.15, -0.1) is 0 Å². The summed E-state index contributed by atoms with van der Waals surface area (Å²) in [5.74, 6) is 1.42. The summed E-state index contributed by atoms with van der Waals surface area (Å²) in [6, 6.07) is 17.5. The Morgan fingerprint density at radius 1 is 1.03 bits per heavy atom. The molecule has 0 radical (unpaired) electrons. The van der Waals surface area contributed by atoms with Gasteiger partial charge in [-0.2, -0.15) is 5.10 Å². The van der Waals surface area contributed by atoms with E-state index in [4.69, 9.17) is 14.2 Å². The molecular formula is C27H29FN2O4. The van der Waals surface area contributed by atoms with Gasteiger partial charge in [-0.1, -0.05) is 18.2 Å². The standard InChI is InChI=1S/C27H29FN2O4/c1-19-14-24(32-2)12-11-22(19)7-5-9-27(31)30-29-17-20-10-13-25(26(16-20)33-3)34-18-21-6-4-8-23(28)15-21/h4,6,8,10-17H,5,7,9,18H2,1-3H3,(H,30,31)/b29-17-. The van der Waals surface area contributed by atoms with Crippen molar-refractivity contribution in [1.29, 1.82) is 0 Å². The first kappa shape index (κ1) is 24.8. The molecule has 3 aromatic carbocycles. The number of hydrogen-bond acceptors (Lipinski definition) is 5. The summed E-state index contributed by atoms with van der Waals surface area (Å²) in [4.78, 5) is 12.1. The van der Waals surface area contributed by atoms with Crippen LogP contribution in [0.2, 0.25) is 0 Å². The van der Waals surface area contributed by atoms with Crippen molar-refractivity contribution >= 4 is 12.1 Å². The van der Waals surface area contributed by atoms with E-state index >= 15 is 0 Å². The fourth-order valence-electron chi connectivity index (χ4n) is 3.42. The first-order chi connectivity index (χ1) is 16.5. The summed E-state index contributed by atoms with van der Waals surface area (Å²) in [5.41, 5.74) is 6.36. The van der Waals surface area contributed by atoms with E-state index in [-0.39, 0.29) is 18.3 Å². The average molecular weight is 465 g/mol. The number of halogens is 1. The number of methoxy groups -OCH3 is 2. The molecule has 1 amide bonds. The lowest BCUT2D eigenvalue weighted by molar-refractivity contribution is -0.121. The van der Waals surface area contributed by atoms with E-state index in [1.165, 1.54) is 24.8 Å². The van der Waals surface area contributed by atoms with Gasteiger partial charge in [-0.25, -0.2) is 9.82 Å². The zero-order valence-electron chi connectivity index (χ0n) is 19.6. The molecule has 3 rings (SSSR count). The number of nitrogens with zero attached hydrogens (tertiary/aromatic N) is 1. The third-order valence-corrected chi connectivity index (χ3v) is 5.27. The largest absolute Gasteiger partial charge is 0.497 e. The zero-order chi connectivity index (χ0) is 24.3. The van der Waals surface area contributed by atoms with Crippen LogP contribution in [0.4, 0.5) is 4.39 Å². The molecule has 0 unspecified atom stereocenters. The maximum absolute atomic E-state index is 13.3. The molecule has 1 N–H and O–H groups in total. The number of hydrazone groups is 1. The Bertz CT molecular complexity index is 1150. The predicted octanol–water partition coefficient (Wildman–Crippen LogP) is 5.20. The summed E-state index contributed by atoms with van der Waals surface area (Å²) in [6.07, 6.45) is 3.45. The van der Waals surface area contributed by atoms with Crippen molar-refractivity contribution in [1.82, 2.24) is 5.43 Å². The average Bonchev–Trinajstić information content (AvgIpc) is 2.84. The monoisotopic (exact) mass is 464 g/mol. The van der Waals surface area contributed by atoms with Crippen molar-refractivity contribution in [3.63, 3.8) is 0 Å². The molecule has 0 atom stereocenters. The summed E-state index contributed by atoms with van der Waals surface area (Å²) in [6.45, 7) is 2.25. The lowest BCUT2D eigenvalue weighted by Gasteiger charge is -2.11. The number of rotatable bonds is 11. The van der Waals surface area contributed by atoms with E-state index in [0.29, 0.717) is 17.9 Å². The number of carbonyl (C=O) groups is 1. The van der Waals surface area contributed by atoms with Crippen LogP contribution in [-0.2, 0) is 17.8 Å². The Kier molecular flexibility index (Phi) is 9.03. The Balaban J connectivity index is 1.47. The third kappa shape index (κ3) is 7.33. The Morgan fingerprint density at radius 3 is 2.62 bits per heavy atom. The second-order valence-corrected chi connectivity index (χ2v) is 7.77.